The molecular weight excluding hydrogens is 174 g/mol. The van der Waals surface area contributed by atoms with Crippen LogP contribution in [0.3, 0.4) is 0 Å². The molecule has 0 spiro atoms. The molecule has 1 aromatic rings. The van der Waals surface area contributed by atoms with E-state index in [0.29, 0.717) is 11.8 Å². The summed E-state index contributed by atoms with van der Waals surface area (Å²) in [6.45, 7) is 4.35. The molecule has 2 nitrogen and oxygen atoms in total. The second-order valence-corrected chi connectivity index (χ2v) is 4.43. The Bertz CT molecular complexity index is 322. The Hall–Kier alpha value is -0.890. The van der Waals surface area contributed by atoms with Gasteiger partial charge in [-0.1, -0.05) is 19.9 Å². The standard InChI is InChI=1S/C12H17NO/c1-8(2)9-5-6-11-10(12(9)14)4-3-7-13-11/h3-4,7-9,12,14H,5-6H2,1-2H3. The van der Waals surface area contributed by atoms with Gasteiger partial charge in [-0.15, -0.1) is 0 Å². The van der Waals surface area contributed by atoms with E-state index >= 15 is 0 Å². The molecule has 0 radical (unpaired) electrons. The van der Waals surface area contributed by atoms with Gasteiger partial charge in [-0.25, -0.2) is 0 Å². The highest BCUT2D eigenvalue weighted by molar-refractivity contribution is 5.25. The molecule has 1 aliphatic carbocycles. The van der Waals surface area contributed by atoms with E-state index in [0.717, 1.165) is 24.1 Å². The molecule has 2 heteroatoms. The smallest absolute Gasteiger partial charge is 0.0838 e. The molecule has 1 N–H and O–H groups in total. The second-order valence-electron chi connectivity index (χ2n) is 4.43. The molecule has 0 aliphatic heterocycles. The number of hydrogen-bond donors (Lipinski definition) is 1. The van der Waals surface area contributed by atoms with Gasteiger partial charge in [0.15, 0.2) is 0 Å². The Balaban J connectivity index is 2.31. The van der Waals surface area contributed by atoms with Crippen molar-refractivity contribution >= 4 is 0 Å². The van der Waals surface area contributed by atoms with Crippen molar-refractivity contribution in [2.45, 2.75) is 32.8 Å². The fourth-order valence-corrected chi connectivity index (χ4v) is 2.32. The van der Waals surface area contributed by atoms with E-state index in [2.05, 4.69) is 18.8 Å². The van der Waals surface area contributed by atoms with Gasteiger partial charge >= 0.3 is 0 Å². The highest BCUT2D eigenvalue weighted by Crippen LogP contribution is 2.37. The Morgan fingerprint density at radius 3 is 3.00 bits per heavy atom. The maximum absolute atomic E-state index is 10.2. The van der Waals surface area contributed by atoms with Crippen LogP contribution in [0.15, 0.2) is 18.3 Å². The van der Waals surface area contributed by atoms with Crippen LogP contribution in [0.2, 0.25) is 0 Å². The first kappa shape index (κ1) is 9.66. The number of aliphatic hydroxyl groups excluding tert-OH is 1. The molecule has 14 heavy (non-hydrogen) atoms. The van der Waals surface area contributed by atoms with E-state index in [9.17, 15) is 5.11 Å². The largest absolute Gasteiger partial charge is 0.388 e. The summed E-state index contributed by atoms with van der Waals surface area (Å²) in [6, 6.07) is 3.91. The summed E-state index contributed by atoms with van der Waals surface area (Å²) in [5.41, 5.74) is 2.12. The summed E-state index contributed by atoms with van der Waals surface area (Å²) >= 11 is 0. The van der Waals surface area contributed by atoms with E-state index in [1.165, 1.54) is 0 Å². The van der Waals surface area contributed by atoms with Gasteiger partial charge in [-0.2, -0.15) is 0 Å². The topological polar surface area (TPSA) is 33.1 Å². The molecule has 1 aromatic heterocycles. The molecular formula is C12H17NO. The van der Waals surface area contributed by atoms with Crippen LogP contribution in [0, 0.1) is 11.8 Å². The molecule has 1 aliphatic rings. The van der Waals surface area contributed by atoms with Crippen molar-refractivity contribution in [3.05, 3.63) is 29.6 Å². The molecule has 0 bridgehead atoms. The minimum atomic E-state index is -0.313. The van der Waals surface area contributed by atoms with Crippen molar-refractivity contribution in [3.8, 4) is 0 Å². The molecule has 0 aromatic carbocycles. The number of nitrogens with zero attached hydrogens (tertiary/aromatic N) is 1. The third-order valence-electron chi connectivity index (χ3n) is 3.22. The summed E-state index contributed by atoms with van der Waals surface area (Å²) < 4.78 is 0. The third-order valence-corrected chi connectivity index (χ3v) is 3.22. The molecule has 2 atom stereocenters. The lowest BCUT2D eigenvalue weighted by atomic mass is 9.78. The molecule has 2 unspecified atom stereocenters. The number of rotatable bonds is 1. The van der Waals surface area contributed by atoms with Gasteiger partial charge in [-0.3, -0.25) is 4.98 Å². The number of aliphatic hydroxyl groups is 1. The fraction of sp³-hybridized carbons (Fsp3) is 0.583. The number of fused-ring (bicyclic) bond motifs is 1. The van der Waals surface area contributed by atoms with E-state index in [1.54, 1.807) is 6.20 Å². The van der Waals surface area contributed by atoms with Crippen LogP contribution in [0.25, 0.3) is 0 Å². The van der Waals surface area contributed by atoms with Crippen LogP contribution in [-0.2, 0) is 6.42 Å². The summed E-state index contributed by atoms with van der Waals surface area (Å²) in [5, 5.41) is 10.2. The first-order chi connectivity index (χ1) is 6.70. The molecule has 76 valence electrons. The Kier molecular flexibility index (Phi) is 2.55. The Labute approximate surface area is 85.0 Å². The van der Waals surface area contributed by atoms with E-state index in [1.807, 2.05) is 12.1 Å². The maximum atomic E-state index is 10.2. The van der Waals surface area contributed by atoms with E-state index < -0.39 is 0 Å². The molecule has 0 amide bonds. The average Bonchev–Trinajstić information content (AvgIpc) is 2.18. The molecule has 0 fully saturated rings. The summed E-state index contributed by atoms with van der Waals surface area (Å²) in [7, 11) is 0. The van der Waals surface area contributed by atoms with Crippen molar-refractivity contribution in [2.75, 3.05) is 0 Å². The monoisotopic (exact) mass is 191 g/mol. The minimum Gasteiger partial charge on any atom is -0.388 e. The predicted octanol–water partition coefficient (Wildman–Crippen LogP) is 2.33. The van der Waals surface area contributed by atoms with Crippen molar-refractivity contribution in [2.24, 2.45) is 11.8 Å². The van der Waals surface area contributed by atoms with Crippen molar-refractivity contribution in [1.82, 2.24) is 4.98 Å². The van der Waals surface area contributed by atoms with Gasteiger partial charge in [-0.05, 0) is 30.7 Å². The molecule has 1 heterocycles. The Morgan fingerprint density at radius 1 is 1.50 bits per heavy atom. The highest BCUT2D eigenvalue weighted by Gasteiger charge is 2.30. The fourth-order valence-electron chi connectivity index (χ4n) is 2.32. The number of pyridine rings is 1. The van der Waals surface area contributed by atoms with Crippen LogP contribution in [0.4, 0.5) is 0 Å². The van der Waals surface area contributed by atoms with Gasteiger partial charge < -0.3 is 5.11 Å². The van der Waals surface area contributed by atoms with E-state index in [4.69, 9.17) is 0 Å². The zero-order valence-corrected chi connectivity index (χ0v) is 8.77. The first-order valence-electron chi connectivity index (χ1n) is 5.32. The van der Waals surface area contributed by atoms with Gasteiger partial charge in [0.05, 0.1) is 6.10 Å². The minimum absolute atomic E-state index is 0.313. The number of aryl methyl sites for hydroxylation is 1. The normalized spacial score (nSPS) is 26.3. The van der Waals surface area contributed by atoms with Crippen molar-refractivity contribution < 1.29 is 5.11 Å². The first-order valence-corrected chi connectivity index (χ1v) is 5.32. The zero-order chi connectivity index (χ0) is 10.1. The van der Waals surface area contributed by atoms with E-state index in [-0.39, 0.29) is 6.10 Å². The number of aromatic nitrogens is 1. The van der Waals surface area contributed by atoms with Crippen LogP contribution in [0.5, 0.6) is 0 Å². The summed E-state index contributed by atoms with van der Waals surface area (Å²) in [6.07, 6.45) is 3.56. The van der Waals surface area contributed by atoms with Gasteiger partial charge in [0, 0.05) is 17.5 Å². The average molecular weight is 191 g/mol. The zero-order valence-electron chi connectivity index (χ0n) is 8.77. The maximum Gasteiger partial charge on any atom is 0.0838 e. The van der Waals surface area contributed by atoms with Crippen molar-refractivity contribution in [1.29, 1.82) is 0 Å². The van der Waals surface area contributed by atoms with Gasteiger partial charge in [0.25, 0.3) is 0 Å². The lowest BCUT2D eigenvalue weighted by molar-refractivity contribution is 0.0660. The van der Waals surface area contributed by atoms with Crippen molar-refractivity contribution in [3.63, 3.8) is 0 Å². The predicted molar refractivity (Wildman–Crippen MR) is 55.8 cm³/mol. The third kappa shape index (κ3) is 1.55. The number of hydrogen-bond acceptors (Lipinski definition) is 2. The van der Waals surface area contributed by atoms with Gasteiger partial charge in [0.2, 0.25) is 0 Å². The molecule has 0 saturated carbocycles. The quantitative estimate of drug-likeness (QED) is 0.739. The van der Waals surface area contributed by atoms with Gasteiger partial charge in [0.1, 0.15) is 0 Å². The Morgan fingerprint density at radius 2 is 2.29 bits per heavy atom. The van der Waals surface area contributed by atoms with Crippen LogP contribution >= 0.6 is 0 Å². The lowest BCUT2D eigenvalue weighted by Gasteiger charge is -2.31. The lowest BCUT2D eigenvalue weighted by Crippen LogP contribution is -2.25. The van der Waals surface area contributed by atoms with Crippen LogP contribution in [-0.4, -0.2) is 10.1 Å². The van der Waals surface area contributed by atoms with Crippen LogP contribution in [0.1, 0.15) is 37.6 Å². The summed E-state index contributed by atoms with van der Waals surface area (Å²) in [4.78, 5) is 4.30. The highest BCUT2D eigenvalue weighted by atomic mass is 16.3. The summed E-state index contributed by atoms with van der Waals surface area (Å²) in [5.74, 6) is 0.935. The van der Waals surface area contributed by atoms with Crippen LogP contribution < -0.4 is 0 Å². The molecule has 0 saturated heterocycles. The SMILES string of the molecule is CC(C)C1CCc2ncccc2C1O. The molecule has 2 rings (SSSR count). The second kappa shape index (κ2) is 3.70.